The summed E-state index contributed by atoms with van der Waals surface area (Å²) in [4.78, 5) is 37.5. The van der Waals surface area contributed by atoms with Crippen LogP contribution in [0.15, 0.2) is 16.5 Å². The van der Waals surface area contributed by atoms with Crippen molar-refractivity contribution < 1.29 is 28.3 Å². The third kappa shape index (κ3) is 4.56. The molecule has 170 valence electrons. The molecule has 0 aromatic carbocycles. The minimum Gasteiger partial charge on any atom is -0.465 e. The van der Waals surface area contributed by atoms with E-state index in [0.717, 1.165) is 17.0 Å². The molecule has 0 spiro atoms. The lowest BCUT2D eigenvalue weighted by molar-refractivity contribution is 0.0531. The Morgan fingerprint density at radius 1 is 1.22 bits per heavy atom. The third-order valence-corrected chi connectivity index (χ3v) is 6.44. The van der Waals surface area contributed by atoms with Crippen LogP contribution in [0.25, 0.3) is 0 Å². The zero-order chi connectivity index (χ0) is 23.6. The van der Waals surface area contributed by atoms with E-state index in [1.54, 1.807) is 31.5 Å². The molecule has 0 aliphatic heterocycles. The summed E-state index contributed by atoms with van der Waals surface area (Å²) in [5, 5.41) is 7.73. The lowest BCUT2D eigenvalue weighted by Gasteiger charge is -2.05. The summed E-state index contributed by atoms with van der Waals surface area (Å²) in [6, 6.07) is 3.17. The molecule has 3 aromatic heterocycles. The number of rotatable bonds is 7. The average Bonchev–Trinajstić information content (AvgIpc) is 3.42. The van der Waals surface area contributed by atoms with E-state index in [-0.39, 0.29) is 27.8 Å². The Bertz CT molecular complexity index is 1190. The van der Waals surface area contributed by atoms with Crippen molar-refractivity contribution in [3.8, 4) is 0 Å². The van der Waals surface area contributed by atoms with Crippen molar-refractivity contribution in [3.05, 3.63) is 56.1 Å². The second-order valence-corrected chi connectivity index (χ2v) is 8.23. The van der Waals surface area contributed by atoms with Crippen molar-refractivity contribution in [2.24, 2.45) is 0 Å². The average molecular weight is 480 g/mol. The minimum absolute atomic E-state index is 0.0344. The lowest BCUT2D eigenvalue weighted by atomic mass is 10.1. The van der Waals surface area contributed by atoms with Crippen LogP contribution in [-0.2, 0) is 16.0 Å². The van der Waals surface area contributed by atoms with Crippen molar-refractivity contribution in [2.75, 3.05) is 19.0 Å². The first-order valence-corrected chi connectivity index (χ1v) is 10.9. The number of aryl methyl sites for hydroxylation is 1. The number of ether oxygens (including phenoxy) is 2. The van der Waals surface area contributed by atoms with Crippen molar-refractivity contribution in [1.82, 2.24) is 9.78 Å². The predicted octanol–water partition coefficient (Wildman–Crippen LogP) is 4.38. The van der Waals surface area contributed by atoms with Crippen molar-refractivity contribution >= 4 is 45.8 Å². The standard InChI is InChI=1S/C21H22ClN3O6S/c1-6-30-21(28)17-10(2)15(20(27)29-5)19(32-17)23-18(26)14-8-7-13(31-14)9-25-12(4)16(22)11(3)24-25/h7-8H,6,9H2,1-5H3,(H,23,26). The van der Waals surface area contributed by atoms with Gasteiger partial charge in [0.15, 0.2) is 5.76 Å². The Morgan fingerprint density at radius 3 is 2.53 bits per heavy atom. The van der Waals surface area contributed by atoms with Gasteiger partial charge in [0.2, 0.25) is 0 Å². The molecular weight excluding hydrogens is 458 g/mol. The fraction of sp³-hybridized carbons (Fsp3) is 0.333. The number of thiophene rings is 1. The number of amides is 1. The molecule has 11 heteroatoms. The van der Waals surface area contributed by atoms with Crippen LogP contribution in [0.3, 0.4) is 0 Å². The van der Waals surface area contributed by atoms with Gasteiger partial charge < -0.3 is 19.2 Å². The Labute approximate surface area is 193 Å². The number of halogens is 1. The van der Waals surface area contributed by atoms with Gasteiger partial charge in [-0.15, -0.1) is 11.3 Å². The first-order chi connectivity index (χ1) is 15.2. The van der Waals surface area contributed by atoms with E-state index < -0.39 is 17.8 Å². The summed E-state index contributed by atoms with van der Waals surface area (Å²) >= 11 is 7.11. The number of aromatic nitrogens is 2. The van der Waals surface area contributed by atoms with E-state index in [9.17, 15) is 14.4 Å². The highest BCUT2D eigenvalue weighted by Crippen LogP contribution is 2.34. The summed E-state index contributed by atoms with van der Waals surface area (Å²) in [5.41, 5.74) is 1.96. The summed E-state index contributed by atoms with van der Waals surface area (Å²) in [5.74, 6) is -1.30. The van der Waals surface area contributed by atoms with Crippen molar-refractivity contribution in [2.45, 2.75) is 34.2 Å². The number of nitrogens with zero attached hydrogens (tertiary/aromatic N) is 2. The zero-order valence-electron chi connectivity index (χ0n) is 18.2. The number of hydrogen-bond donors (Lipinski definition) is 1. The second kappa shape index (κ2) is 9.58. The fourth-order valence-electron chi connectivity index (χ4n) is 3.07. The number of furan rings is 1. The van der Waals surface area contributed by atoms with Gasteiger partial charge in [-0.1, -0.05) is 11.6 Å². The molecule has 0 saturated carbocycles. The number of carbonyl (C=O) groups is 3. The SMILES string of the molecule is CCOC(=O)c1sc(NC(=O)c2ccc(Cn3nc(C)c(Cl)c3C)o2)c(C(=O)OC)c1C. The van der Waals surface area contributed by atoms with Gasteiger partial charge in [0, 0.05) is 0 Å². The molecule has 3 aromatic rings. The molecule has 0 fully saturated rings. The molecule has 0 aliphatic carbocycles. The molecule has 0 saturated heterocycles. The molecule has 1 N–H and O–H groups in total. The maximum absolute atomic E-state index is 12.8. The van der Waals surface area contributed by atoms with E-state index in [4.69, 9.17) is 25.5 Å². The molecule has 0 aliphatic rings. The number of carbonyl (C=O) groups excluding carboxylic acids is 3. The van der Waals surface area contributed by atoms with Gasteiger partial charge in [0.1, 0.15) is 15.6 Å². The molecule has 0 radical (unpaired) electrons. The van der Waals surface area contributed by atoms with E-state index in [2.05, 4.69) is 10.4 Å². The molecule has 1 amide bonds. The number of anilines is 1. The van der Waals surface area contributed by atoms with Gasteiger partial charge in [0.05, 0.1) is 42.2 Å². The number of methoxy groups -OCH3 is 1. The predicted molar refractivity (Wildman–Crippen MR) is 119 cm³/mol. The van der Waals surface area contributed by atoms with Gasteiger partial charge in [0.25, 0.3) is 5.91 Å². The lowest BCUT2D eigenvalue weighted by Crippen LogP contribution is -2.13. The fourth-order valence-corrected chi connectivity index (χ4v) is 4.29. The maximum atomic E-state index is 12.8. The summed E-state index contributed by atoms with van der Waals surface area (Å²) in [6.45, 7) is 7.40. The molecular formula is C21H22ClN3O6S. The highest BCUT2D eigenvalue weighted by atomic mass is 35.5. The van der Waals surface area contributed by atoms with Crippen LogP contribution < -0.4 is 5.32 Å². The highest BCUT2D eigenvalue weighted by molar-refractivity contribution is 7.18. The van der Waals surface area contributed by atoms with Gasteiger partial charge >= 0.3 is 11.9 Å². The quantitative estimate of drug-likeness (QED) is 0.500. The molecule has 0 unspecified atom stereocenters. The molecule has 9 nitrogen and oxygen atoms in total. The molecule has 32 heavy (non-hydrogen) atoms. The first-order valence-electron chi connectivity index (χ1n) is 9.66. The Kier molecular flexibility index (Phi) is 7.05. The van der Waals surface area contributed by atoms with Crippen LogP contribution >= 0.6 is 22.9 Å². The summed E-state index contributed by atoms with van der Waals surface area (Å²) in [7, 11) is 1.22. The van der Waals surface area contributed by atoms with Gasteiger partial charge in [-0.05, 0) is 45.4 Å². The second-order valence-electron chi connectivity index (χ2n) is 6.83. The Morgan fingerprint density at radius 2 is 1.94 bits per heavy atom. The normalized spacial score (nSPS) is 10.8. The number of hydrogen-bond acceptors (Lipinski definition) is 8. The van der Waals surface area contributed by atoms with E-state index in [1.807, 2.05) is 6.92 Å². The molecule has 0 atom stereocenters. The van der Waals surface area contributed by atoms with E-state index in [1.165, 1.54) is 13.2 Å². The third-order valence-electron chi connectivity index (χ3n) is 4.71. The van der Waals surface area contributed by atoms with Crippen LogP contribution in [0.1, 0.15) is 60.2 Å². The topological polar surface area (TPSA) is 113 Å². The molecule has 0 bridgehead atoms. The Balaban J connectivity index is 1.84. The zero-order valence-corrected chi connectivity index (χ0v) is 19.8. The summed E-state index contributed by atoms with van der Waals surface area (Å²) < 4.78 is 17.2. The van der Waals surface area contributed by atoms with Crippen LogP contribution in [0, 0.1) is 20.8 Å². The molecule has 3 heterocycles. The van der Waals surface area contributed by atoms with Crippen molar-refractivity contribution in [1.29, 1.82) is 0 Å². The minimum atomic E-state index is -0.675. The van der Waals surface area contributed by atoms with Crippen LogP contribution in [0.2, 0.25) is 5.02 Å². The number of esters is 2. The van der Waals surface area contributed by atoms with Gasteiger partial charge in [-0.3, -0.25) is 9.48 Å². The smallest absolute Gasteiger partial charge is 0.348 e. The van der Waals surface area contributed by atoms with Gasteiger partial charge in [-0.2, -0.15) is 5.10 Å². The van der Waals surface area contributed by atoms with Crippen molar-refractivity contribution in [3.63, 3.8) is 0 Å². The van der Waals surface area contributed by atoms with E-state index in [0.29, 0.717) is 28.6 Å². The van der Waals surface area contributed by atoms with Crippen LogP contribution in [-0.4, -0.2) is 41.3 Å². The molecule has 3 rings (SSSR count). The highest BCUT2D eigenvalue weighted by Gasteiger charge is 2.27. The largest absolute Gasteiger partial charge is 0.465 e. The van der Waals surface area contributed by atoms with Gasteiger partial charge in [-0.25, -0.2) is 9.59 Å². The Hall–Kier alpha value is -3.11. The number of nitrogens with one attached hydrogen (secondary N) is 1. The first kappa shape index (κ1) is 23.6. The maximum Gasteiger partial charge on any atom is 0.348 e. The van der Waals surface area contributed by atoms with Crippen LogP contribution in [0.5, 0.6) is 0 Å². The monoisotopic (exact) mass is 479 g/mol. The summed E-state index contributed by atoms with van der Waals surface area (Å²) in [6.07, 6.45) is 0. The van der Waals surface area contributed by atoms with Crippen LogP contribution in [0.4, 0.5) is 5.00 Å². The van der Waals surface area contributed by atoms with E-state index >= 15 is 0 Å².